The van der Waals surface area contributed by atoms with Crippen molar-refractivity contribution in [2.24, 2.45) is 5.84 Å². The van der Waals surface area contributed by atoms with Crippen molar-refractivity contribution in [2.45, 2.75) is 19.4 Å². The lowest BCUT2D eigenvalue weighted by atomic mass is 10.1. The van der Waals surface area contributed by atoms with E-state index in [4.69, 9.17) is 17.4 Å². The molecule has 108 valence electrons. The van der Waals surface area contributed by atoms with Crippen molar-refractivity contribution in [1.82, 2.24) is 4.98 Å². The normalized spacial score (nSPS) is 16.7. The number of fused-ring (bicyclic) bond motifs is 1. The van der Waals surface area contributed by atoms with Gasteiger partial charge >= 0.3 is 0 Å². The molecule has 1 aromatic carbocycles. The quantitative estimate of drug-likeness (QED) is 0.508. The van der Waals surface area contributed by atoms with Gasteiger partial charge in [-0.05, 0) is 37.1 Å². The molecule has 3 rings (SSSR count). The van der Waals surface area contributed by atoms with Gasteiger partial charge in [0.2, 0.25) is 0 Å². The Morgan fingerprint density at radius 1 is 1.43 bits per heavy atom. The molecule has 0 saturated heterocycles. The monoisotopic (exact) mass is 302 g/mol. The zero-order valence-corrected chi connectivity index (χ0v) is 12.3. The third-order valence-corrected chi connectivity index (χ3v) is 3.81. The number of nitrogens with zero attached hydrogens (tertiary/aromatic N) is 2. The lowest BCUT2D eigenvalue weighted by Crippen LogP contribution is -2.35. The number of nitrogen functional groups attached to an aromatic ring is 1. The molecule has 1 amide bonds. The van der Waals surface area contributed by atoms with Gasteiger partial charge in [0.05, 0.1) is 0 Å². The Labute approximate surface area is 127 Å². The number of pyridine rings is 1. The Morgan fingerprint density at radius 3 is 2.95 bits per heavy atom. The average Bonchev–Trinajstić information content (AvgIpc) is 2.81. The minimum absolute atomic E-state index is 0.103. The van der Waals surface area contributed by atoms with Gasteiger partial charge in [-0.25, -0.2) is 10.8 Å². The molecule has 1 aliphatic rings. The molecule has 0 spiro atoms. The molecular formula is C15H15ClN4O. The molecule has 1 unspecified atom stereocenters. The van der Waals surface area contributed by atoms with E-state index in [1.54, 1.807) is 17.0 Å². The van der Waals surface area contributed by atoms with Crippen molar-refractivity contribution in [3.8, 4) is 0 Å². The van der Waals surface area contributed by atoms with Crippen LogP contribution in [0.5, 0.6) is 0 Å². The highest BCUT2D eigenvalue weighted by Crippen LogP contribution is 2.33. The molecule has 1 atom stereocenters. The molecule has 0 bridgehead atoms. The number of carbonyl (C=O) groups is 1. The van der Waals surface area contributed by atoms with Gasteiger partial charge in [0.1, 0.15) is 11.0 Å². The van der Waals surface area contributed by atoms with Crippen LogP contribution in [0.3, 0.4) is 0 Å². The summed E-state index contributed by atoms with van der Waals surface area (Å²) in [7, 11) is 0. The van der Waals surface area contributed by atoms with Crippen molar-refractivity contribution >= 4 is 29.0 Å². The first-order chi connectivity index (χ1) is 10.1. The topological polar surface area (TPSA) is 71.2 Å². The lowest BCUT2D eigenvalue weighted by Gasteiger charge is -2.23. The third kappa shape index (κ3) is 2.46. The van der Waals surface area contributed by atoms with E-state index in [-0.39, 0.29) is 17.1 Å². The zero-order valence-electron chi connectivity index (χ0n) is 11.5. The SMILES string of the molecule is CC1Cc2ccccc2N1C(=O)c1cc(Cl)nc(NN)c1. The number of hydrazine groups is 1. The maximum absolute atomic E-state index is 12.8. The van der Waals surface area contributed by atoms with Gasteiger partial charge in [0.15, 0.2) is 0 Å². The summed E-state index contributed by atoms with van der Waals surface area (Å²) in [6, 6.07) is 11.2. The molecule has 0 saturated carbocycles. The van der Waals surface area contributed by atoms with Crippen LogP contribution in [0, 0.1) is 0 Å². The standard InChI is InChI=1S/C15H15ClN4O/c1-9-6-10-4-2-3-5-12(10)20(9)15(21)11-7-13(16)18-14(8-11)19-17/h2-5,7-9H,6,17H2,1H3,(H,18,19). The fourth-order valence-electron chi connectivity index (χ4n) is 2.71. The van der Waals surface area contributed by atoms with Crippen LogP contribution < -0.4 is 16.2 Å². The highest BCUT2D eigenvalue weighted by atomic mass is 35.5. The highest BCUT2D eigenvalue weighted by molar-refractivity contribution is 6.30. The van der Waals surface area contributed by atoms with Crippen LogP contribution in [0.25, 0.3) is 0 Å². The molecule has 21 heavy (non-hydrogen) atoms. The summed E-state index contributed by atoms with van der Waals surface area (Å²) in [6.07, 6.45) is 0.850. The Morgan fingerprint density at radius 2 is 2.19 bits per heavy atom. The number of nitrogens with two attached hydrogens (primary N) is 1. The second-order valence-corrected chi connectivity index (χ2v) is 5.45. The second-order valence-electron chi connectivity index (χ2n) is 5.07. The number of rotatable bonds is 2. The van der Waals surface area contributed by atoms with Crippen LogP contribution in [0.4, 0.5) is 11.5 Å². The van der Waals surface area contributed by atoms with E-state index < -0.39 is 0 Å². The summed E-state index contributed by atoms with van der Waals surface area (Å²) in [5.41, 5.74) is 5.01. The summed E-state index contributed by atoms with van der Waals surface area (Å²) in [5.74, 6) is 5.61. The van der Waals surface area contributed by atoms with Crippen molar-refractivity contribution < 1.29 is 4.79 Å². The summed E-state index contributed by atoms with van der Waals surface area (Å²) in [4.78, 5) is 18.6. The highest BCUT2D eigenvalue weighted by Gasteiger charge is 2.31. The maximum Gasteiger partial charge on any atom is 0.258 e. The van der Waals surface area contributed by atoms with Gasteiger partial charge in [0.25, 0.3) is 5.91 Å². The van der Waals surface area contributed by atoms with E-state index in [1.165, 1.54) is 5.56 Å². The first-order valence-corrected chi connectivity index (χ1v) is 7.03. The van der Waals surface area contributed by atoms with Crippen LogP contribution in [0.15, 0.2) is 36.4 Å². The Hall–Kier alpha value is -2.11. The molecule has 2 aromatic rings. The number of para-hydroxylation sites is 1. The molecule has 6 heteroatoms. The molecule has 0 radical (unpaired) electrons. The third-order valence-electron chi connectivity index (χ3n) is 3.61. The second kappa shape index (κ2) is 5.35. The Kier molecular flexibility index (Phi) is 3.53. The average molecular weight is 303 g/mol. The van der Waals surface area contributed by atoms with Crippen molar-refractivity contribution in [2.75, 3.05) is 10.3 Å². The number of aromatic nitrogens is 1. The van der Waals surface area contributed by atoms with Gasteiger partial charge in [-0.1, -0.05) is 29.8 Å². The number of benzene rings is 1. The molecule has 2 heterocycles. The van der Waals surface area contributed by atoms with E-state index in [0.717, 1.165) is 12.1 Å². The van der Waals surface area contributed by atoms with Gasteiger partial charge < -0.3 is 10.3 Å². The molecule has 5 nitrogen and oxygen atoms in total. The number of halogens is 1. The van der Waals surface area contributed by atoms with Crippen molar-refractivity contribution in [1.29, 1.82) is 0 Å². The van der Waals surface area contributed by atoms with E-state index in [1.807, 2.05) is 31.2 Å². The van der Waals surface area contributed by atoms with E-state index in [0.29, 0.717) is 11.4 Å². The Bertz CT molecular complexity index is 704. The fraction of sp³-hybridized carbons (Fsp3) is 0.200. The minimum atomic E-state index is -0.103. The number of amides is 1. The lowest BCUT2D eigenvalue weighted by molar-refractivity contribution is 0.0981. The predicted octanol–water partition coefficient (Wildman–Crippen LogP) is 2.61. The molecule has 1 aromatic heterocycles. The van der Waals surface area contributed by atoms with Crippen LogP contribution >= 0.6 is 11.6 Å². The Balaban J connectivity index is 2.01. The predicted molar refractivity (Wildman–Crippen MR) is 83.5 cm³/mol. The fourth-order valence-corrected chi connectivity index (χ4v) is 2.92. The van der Waals surface area contributed by atoms with Gasteiger partial charge in [0, 0.05) is 17.3 Å². The van der Waals surface area contributed by atoms with Crippen LogP contribution in [0.1, 0.15) is 22.8 Å². The summed E-state index contributed by atoms with van der Waals surface area (Å²) < 4.78 is 0. The van der Waals surface area contributed by atoms with Crippen LogP contribution in [-0.4, -0.2) is 16.9 Å². The molecule has 3 N–H and O–H groups in total. The van der Waals surface area contributed by atoms with E-state index in [9.17, 15) is 4.79 Å². The molecular weight excluding hydrogens is 288 g/mol. The van der Waals surface area contributed by atoms with Gasteiger partial charge in [-0.2, -0.15) is 0 Å². The zero-order chi connectivity index (χ0) is 15.0. The summed E-state index contributed by atoms with van der Waals surface area (Å²) >= 11 is 5.94. The molecule has 0 aliphatic carbocycles. The summed E-state index contributed by atoms with van der Waals surface area (Å²) in [6.45, 7) is 2.03. The van der Waals surface area contributed by atoms with Crippen LogP contribution in [0.2, 0.25) is 5.15 Å². The largest absolute Gasteiger partial charge is 0.308 e. The first kappa shape index (κ1) is 13.9. The van der Waals surface area contributed by atoms with Crippen molar-refractivity contribution in [3.05, 3.63) is 52.7 Å². The first-order valence-electron chi connectivity index (χ1n) is 6.66. The maximum atomic E-state index is 12.8. The molecule has 1 aliphatic heterocycles. The van der Waals surface area contributed by atoms with Gasteiger partial charge in [-0.15, -0.1) is 0 Å². The van der Waals surface area contributed by atoms with Crippen LogP contribution in [-0.2, 0) is 6.42 Å². The number of anilines is 2. The number of hydrogen-bond donors (Lipinski definition) is 2. The van der Waals surface area contributed by atoms with E-state index in [2.05, 4.69) is 10.4 Å². The number of nitrogens with one attached hydrogen (secondary N) is 1. The van der Waals surface area contributed by atoms with E-state index >= 15 is 0 Å². The molecule has 0 fully saturated rings. The smallest absolute Gasteiger partial charge is 0.258 e. The minimum Gasteiger partial charge on any atom is -0.308 e. The summed E-state index contributed by atoms with van der Waals surface area (Å²) in [5, 5.41) is 0.230. The van der Waals surface area contributed by atoms with Gasteiger partial charge in [-0.3, -0.25) is 4.79 Å². The number of hydrogen-bond acceptors (Lipinski definition) is 4. The van der Waals surface area contributed by atoms with Crippen molar-refractivity contribution in [3.63, 3.8) is 0 Å². The number of carbonyl (C=O) groups excluding carboxylic acids is 1.